The molecule has 2 rings (SSSR count). The van der Waals surface area contributed by atoms with E-state index in [1.54, 1.807) is 0 Å². The molecule has 0 amide bonds. The Morgan fingerprint density at radius 3 is 2.93 bits per heavy atom. The van der Waals surface area contributed by atoms with Crippen molar-refractivity contribution in [3.63, 3.8) is 0 Å². The molecule has 0 radical (unpaired) electrons. The van der Waals surface area contributed by atoms with Gasteiger partial charge in [0, 0.05) is 31.2 Å². The Bertz CT molecular complexity index is 335. The largest absolute Gasteiger partial charge is 0.352 e. The van der Waals surface area contributed by atoms with Gasteiger partial charge in [-0.05, 0) is 12.5 Å². The van der Waals surface area contributed by atoms with Crippen LogP contribution in [0, 0.1) is 0 Å². The molecule has 1 aliphatic heterocycles. The predicted molar refractivity (Wildman–Crippen MR) is 60.9 cm³/mol. The average Bonchev–Trinajstić information content (AvgIpc) is 2.17. The summed E-state index contributed by atoms with van der Waals surface area (Å²) in [5.41, 5.74) is 5.67. The molecular weight excluding hydrogens is 188 g/mol. The zero-order chi connectivity index (χ0) is 10.8. The molecule has 0 spiro atoms. The normalized spacial score (nSPS) is 20.5. The van der Waals surface area contributed by atoms with E-state index >= 15 is 0 Å². The van der Waals surface area contributed by atoms with E-state index in [1.807, 2.05) is 12.3 Å². The van der Waals surface area contributed by atoms with Crippen LogP contribution < -0.4 is 10.6 Å². The van der Waals surface area contributed by atoms with Crippen LogP contribution >= 0.6 is 0 Å². The quantitative estimate of drug-likeness (QED) is 0.805. The molecule has 1 atom stereocenters. The molecule has 1 unspecified atom stereocenters. The molecule has 0 saturated carbocycles. The van der Waals surface area contributed by atoms with E-state index in [0.29, 0.717) is 18.5 Å². The van der Waals surface area contributed by atoms with Gasteiger partial charge in [-0.1, -0.05) is 13.8 Å². The van der Waals surface area contributed by atoms with Crippen molar-refractivity contribution in [2.75, 3.05) is 18.0 Å². The molecule has 2 N–H and O–H groups in total. The van der Waals surface area contributed by atoms with Crippen LogP contribution in [0.4, 0.5) is 5.82 Å². The van der Waals surface area contributed by atoms with Gasteiger partial charge in [0.15, 0.2) is 0 Å². The average molecular weight is 206 g/mol. The summed E-state index contributed by atoms with van der Waals surface area (Å²) in [5, 5.41) is 0. The van der Waals surface area contributed by atoms with Crippen molar-refractivity contribution in [2.24, 2.45) is 5.73 Å². The molecule has 1 aromatic heterocycles. The third kappa shape index (κ3) is 1.95. The maximum atomic E-state index is 5.67. The van der Waals surface area contributed by atoms with Crippen molar-refractivity contribution in [3.05, 3.63) is 18.1 Å². The van der Waals surface area contributed by atoms with Crippen molar-refractivity contribution >= 4 is 5.82 Å². The highest BCUT2D eigenvalue weighted by molar-refractivity contribution is 5.42. The summed E-state index contributed by atoms with van der Waals surface area (Å²) in [4.78, 5) is 11.1. The Labute approximate surface area is 90.5 Å². The third-order valence-corrected chi connectivity index (χ3v) is 2.89. The van der Waals surface area contributed by atoms with Crippen LogP contribution in [0.1, 0.15) is 32.0 Å². The van der Waals surface area contributed by atoms with E-state index in [1.165, 1.54) is 6.42 Å². The van der Waals surface area contributed by atoms with Gasteiger partial charge < -0.3 is 10.6 Å². The Hall–Kier alpha value is -1.16. The lowest BCUT2D eigenvalue weighted by Crippen LogP contribution is -2.52. The Morgan fingerprint density at radius 2 is 2.40 bits per heavy atom. The van der Waals surface area contributed by atoms with Crippen LogP contribution in [0.25, 0.3) is 0 Å². The minimum Gasteiger partial charge on any atom is -0.352 e. The summed E-state index contributed by atoms with van der Waals surface area (Å²) in [5.74, 6) is 2.31. The summed E-state index contributed by atoms with van der Waals surface area (Å²) in [7, 11) is 0. The van der Waals surface area contributed by atoms with Crippen molar-refractivity contribution in [1.29, 1.82) is 0 Å². The maximum Gasteiger partial charge on any atom is 0.133 e. The first-order valence-electron chi connectivity index (χ1n) is 5.52. The van der Waals surface area contributed by atoms with Gasteiger partial charge in [-0.3, -0.25) is 0 Å². The molecule has 1 aliphatic rings. The molecule has 4 heteroatoms. The molecule has 0 aromatic carbocycles. The molecule has 15 heavy (non-hydrogen) atoms. The smallest absolute Gasteiger partial charge is 0.133 e. The fourth-order valence-electron chi connectivity index (χ4n) is 1.79. The number of rotatable bonds is 3. The van der Waals surface area contributed by atoms with E-state index in [0.717, 1.165) is 18.2 Å². The van der Waals surface area contributed by atoms with Crippen molar-refractivity contribution < 1.29 is 0 Å². The number of anilines is 1. The third-order valence-electron chi connectivity index (χ3n) is 2.89. The zero-order valence-electron chi connectivity index (χ0n) is 9.35. The summed E-state index contributed by atoms with van der Waals surface area (Å²) >= 11 is 0. The minimum absolute atomic E-state index is 0.377. The fraction of sp³-hybridized carbons (Fsp3) is 0.636. The zero-order valence-corrected chi connectivity index (χ0v) is 9.35. The highest BCUT2D eigenvalue weighted by Crippen LogP contribution is 2.24. The monoisotopic (exact) mass is 206 g/mol. The number of aromatic nitrogens is 2. The van der Waals surface area contributed by atoms with Gasteiger partial charge in [-0.25, -0.2) is 9.97 Å². The number of hydrogen-bond donors (Lipinski definition) is 1. The van der Waals surface area contributed by atoms with E-state index < -0.39 is 0 Å². The van der Waals surface area contributed by atoms with Gasteiger partial charge in [0.2, 0.25) is 0 Å². The molecule has 1 fully saturated rings. The van der Waals surface area contributed by atoms with Crippen LogP contribution in [0.5, 0.6) is 0 Å². The molecular formula is C11H18N4. The lowest BCUT2D eigenvalue weighted by atomic mass is 10.0. The van der Waals surface area contributed by atoms with E-state index in [-0.39, 0.29) is 0 Å². The molecule has 2 heterocycles. The summed E-state index contributed by atoms with van der Waals surface area (Å²) in [6.07, 6.45) is 3.01. The Kier molecular flexibility index (Phi) is 2.86. The van der Waals surface area contributed by atoms with Gasteiger partial charge in [-0.15, -0.1) is 0 Å². The topological polar surface area (TPSA) is 55.0 Å². The van der Waals surface area contributed by atoms with Crippen LogP contribution in [-0.2, 0) is 0 Å². The highest BCUT2D eigenvalue weighted by atomic mass is 15.3. The first kappa shape index (κ1) is 10.4. The Morgan fingerprint density at radius 1 is 1.60 bits per heavy atom. The van der Waals surface area contributed by atoms with Crippen LogP contribution in [0.15, 0.2) is 12.3 Å². The molecule has 1 saturated heterocycles. The first-order chi connectivity index (χ1) is 7.22. The van der Waals surface area contributed by atoms with Crippen molar-refractivity contribution in [2.45, 2.75) is 32.2 Å². The molecule has 0 bridgehead atoms. The van der Waals surface area contributed by atoms with Gasteiger partial charge in [-0.2, -0.15) is 0 Å². The summed E-state index contributed by atoms with van der Waals surface area (Å²) in [6.45, 7) is 5.99. The minimum atomic E-state index is 0.377. The standard InChI is InChI=1S/C11H18N4/c1-8(2)11-13-5-3-10(14-11)15-6-4-9(15)7-12/h3,5,8-9H,4,6-7,12H2,1-2H3. The van der Waals surface area contributed by atoms with Gasteiger partial charge >= 0.3 is 0 Å². The second-order valence-corrected chi connectivity index (χ2v) is 4.30. The fourth-order valence-corrected chi connectivity index (χ4v) is 1.79. The Balaban J connectivity index is 2.18. The summed E-state index contributed by atoms with van der Waals surface area (Å²) in [6, 6.07) is 2.44. The molecule has 1 aromatic rings. The second-order valence-electron chi connectivity index (χ2n) is 4.30. The second kappa shape index (κ2) is 4.14. The number of nitrogens with zero attached hydrogens (tertiary/aromatic N) is 3. The highest BCUT2D eigenvalue weighted by Gasteiger charge is 2.27. The summed E-state index contributed by atoms with van der Waals surface area (Å²) < 4.78 is 0. The van der Waals surface area contributed by atoms with E-state index in [4.69, 9.17) is 5.73 Å². The lowest BCUT2D eigenvalue weighted by molar-refractivity contribution is 0.450. The van der Waals surface area contributed by atoms with Crippen LogP contribution in [-0.4, -0.2) is 29.1 Å². The molecule has 4 nitrogen and oxygen atoms in total. The number of hydrogen-bond acceptors (Lipinski definition) is 4. The van der Waals surface area contributed by atoms with E-state index in [2.05, 4.69) is 28.7 Å². The molecule has 82 valence electrons. The van der Waals surface area contributed by atoms with Gasteiger partial charge in [0.05, 0.1) is 0 Å². The predicted octanol–water partition coefficient (Wildman–Crippen LogP) is 1.14. The van der Waals surface area contributed by atoms with Crippen molar-refractivity contribution in [1.82, 2.24) is 9.97 Å². The SMILES string of the molecule is CC(C)c1nccc(N2CCC2CN)n1. The van der Waals surface area contributed by atoms with Crippen LogP contribution in [0.3, 0.4) is 0 Å². The van der Waals surface area contributed by atoms with Gasteiger partial charge in [0.25, 0.3) is 0 Å². The maximum absolute atomic E-state index is 5.67. The van der Waals surface area contributed by atoms with Crippen LogP contribution in [0.2, 0.25) is 0 Å². The van der Waals surface area contributed by atoms with E-state index in [9.17, 15) is 0 Å². The first-order valence-corrected chi connectivity index (χ1v) is 5.52. The molecule has 0 aliphatic carbocycles. The lowest BCUT2D eigenvalue weighted by Gasteiger charge is -2.41. The van der Waals surface area contributed by atoms with Gasteiger partial charge in [0.1, 0.15) is 11.6 Å². The number of nitrogens with two attached hydrogens (primary N) is 1. The van der Waals surface area contributed by atoms with Crippen molar-refractivity contribution in [3.8, 4) is 0 Å².